The maximum atomic E-state index is 10.1. The number of nitrogens with zero attached hydrogens (tertiary/aromatic N) is 1. The lowest BCUT2D eigenvalue weighted by Gasteiger charge is -2.11. The molecule has 84 valence electrons. The van der Waals surface area contributed by atoms with Crippen LogP contribution >= 0.6 is 38.9 Å². The Balaban J connectivity index is 2.40. The van der Waals surface area contributed by atoms with E-state index in [1.165, 1.54) is 17.5 Å². The summed E-state index contributed by atoms with van der Waals surface area (Å²) in [7, 11) is 0. The van der Waals surface area contributed by atoms with Crippen LogP contribution in [0.5, 0.6) is 0 Å². The zero-order valence-corrected chi connectivity index (χ0v) is 11.2. The van der Waals surface area contributed by atoms with E-state index in [0.29, 0.717) is 16.4 Å². The third-order valence-electron chi connectivity index (χ3n) is 2.07. The number of aliphatic hydroxyl groups is 1. The molecule has 1 unspecified atom stereocenters. The van der Waals surface area contributed by atoms with Crippen molar-refractivity contribution in [2.45, 2.75) is 6.10 Å². The maximum absolute atomic E-state index is 10.1. The highest BCUT2D eigenvalue weighted by molar-refractivity contribution is 9.10. The minimum absolute atomic E-state index is 0.293. The predicted octanol–water partition coefficient (Wildman–Crippen LogP) is 3.22. The predicted molar refractivity (Wildman–Crippen MR) is 69.7 cm³/mol. The summed E-state index contributed by atoms with van der Waals surface area (Å²) in [5, 5.41) is 12.5. The molecule has 0 bridgehead atoms. The molecule has 3 N–H and O–H groups in total. The van der Waals surface area contributed by atoms with Gasteiger partial charge in [0.05, 0.1) is 5.02 Å². The lowest BCUT2D eigenvalue weighted by atomic mass is 10.1. The molecule has 0 spiro atoms. The number of nitrogen functional groups attached to an aromatic ring is 1. The molecule has 0 aliphatic heterocycles. The topological polar surface area (TPSA) is 59.1 Å². The van der Waals surface area contributed by atoms with Crippen molar-refractivity contribution >= 4 is 44.7 Å². The Morgan fingerprint density at radius 3 is 2.88 bits per heavy atom. The van der Waals surface area contributed by atoms with Crippen LogP contribution in [-0.2, 0) is 0 Å². The van der Waals surface area contributed by atoms with E-state index in [4.69, 9.17) is 17.3 Å². The molecule has 0 aromatic carbocycles. The Hall–Kier alpha value is -0.620. The molecule has 6 heteroatoms. The Kier molecular flexibility index (Phi) is 3.49. The summed E-state index contributed by atoms with van der Waals surface area (Å²) in [6.45, 7) is 0. The number of anilines is 1. The van der Waals surface area contributed by atoms with Crippen LogP contribution in [0, 0.1) is 0 Å². The van der Waals surface area contributed by atoms with Gasteiger partial charge in [-0.3, -0.25) is 0 Å². The number of pyridine rings is 1. The van der Waals surface area contributed by atoms with Crippen LogP contribution in [0.4, 0.5) is 5.82 Å². The molecular formula is C10H8BrClN2OS. The van der Waals surface area contributed by atoms with Crippen molar-refractivity contribution in [3.05, 3.63) is 43.6 Å². The second-order valence-corrected chi connectivity index (χ2v) is 5.49. The normalized spacial score (nSPS) is 12.7. The van der Waals surface area contributed by atoms with Crippen LogP contribution in [0.2, 0.25) is 5.02 Å². The molecule has 0 amide bonds. The maximum Gasteiger partial charge on any atom is 0.129 e. The Labute approximate surface area is 110 Å². The number of aromatic nitrogens is 1. The Morgan fingerprint density at radius 2 is 2.25 bits per heavy atom. The highest BCUT2D eigenvalue weighted by atomic mass is 79.9. The van der Waals surface area contributed by atoms with Gasteiger partial charge in [-0.25, -0.2) is 4.98 Å². The third-order valence-corrected chi connectivity index (χ3v) is 4.02. The fourth-order valence-corrected chi connectivity index (χ4v) is 2.92. The van der Waals surface area contributed by atoms with Crippen molar-refractivity contribution in [2.24, 2.45) is 0 Å². The van der Waals surface area contributed by atoms with Gasteiger partial charge in [-0.15, -0.1) is 11.3 Å². The molecule has 2 aromatic heterocycles. The minimum atomic E-state index is -0.789. The van der Waals surface area contributed by atoms with Crippen molar-refractivity contribution in [3.8, 4) is 0 Å². The number of halogens is 2. The summed E-state index contributed by atoms with van der Waals surface area (Å²) in [6.07, 6.45) is 0.666. The van der Waals surface area contributed by atoms with Gasteiger partial charge in [0.2, 0.25) is 0 Å². The van der Waals surface area contributed by atoms with E-state index in [2.05, 4.69) is 20.9 Å². The summed E-state index contributed by atoms with van der Waals surface area (Å²) >= 11 is 10.6. The van der Waals surface area contributed by atoms with Crippen LogP contribution in [0.15, 0.2) is 28.2 Å². The molecule has 2 aromatic rings. The SMILES string of the molecule is Nc1ncc(Cl)cc1C(O)c1cc(Br)cs1. The average Bonchev–Trinajstić information content (AvgIpc) is 2.67. The first-order valence-electron chi connectivity index (χ1n) is 4.41. The Bertz CT molecular complexity index is 517. The molecule has 2 rings (SSSR count). The quantitative estimate of drug-likeness (QED) is 0.893. The van der Waals surface area contributed by atoms with E-state index in [1.54, 1.807) is 6.07 Å². The minimum Gasteiger partial charge on any atom is -0.383 e. The molecule has 0 saturated carbocycles. The molecule has 0 saturated heterocycles. The van der Waals surface area contributed by atoms with Crippen LogP contribution in [0.1, 0.15) is 16.5 Å². The van der Waals surface area contributed by atoms with Crippen molar-refractivity contribution in [1.82, 2.24) is 4.98 Å². The Morgan fingerprint density at radius 1 is 1.50 bits per heavy atom. The van der Waals surface area contributed by atoms with Crippen LogP contribution in [-0.4, -0.2) is 10.1 Å². The number of rotatable bonds is 2. The first kappa shape index (κ1) is 11.9. The van der Waals surface area contributed by atoms with Crippen LogP contribution < -0.4 is 5.73 Å². The second kappa shape index (κ2) is 4.71. The number of aliphatic hydroxyl groups excluding tert-OH is 1. The first-order valence-corrected chi connectivity index (χ1v) is 6.46. The number of hydrogen-bond donors (Lipinski definition) is 2. The van der Waals surface area contributed by atoms with E-state index in [1.807, 2.05) is 11.4 Å². The summed E-state index contributed by atoms with van der Waals surface area (Å²) in [5.41, 5.74) is 6.23. The van der Waals surface area contributed by atoms with E-state index in [0.717, 1.165) is 9.35 Å². The van der Waals surface area contributed by atoms with Crippen molar-refractivity contribution in [2.75, 3.05) is 5.73 Å². The van der Waals surface area contributed by atoms with Gasteiger partial charge in [-0.05, 0) is 28.1 Å². The molecule has 3 nitrogen and oxygen atoms in total. The number of nitrogens with two attached hydrogens (primary N) is 1. The fourth-order valence-electron chi connectivity index (χ4n) is 1.31. The highest BCUT2D eigenvalue weighted by Gasteiger charge is 2.16. The summed E-state index contributed by atoms with van der Waals surface area (Å²) in [6, 6.07) is 3.47. The monoisotopic (exact) mass is 318 g/mol. The van der Waals surface area contributed by atoms with Gasteiger partial charge in [-0.2, -0.15) is 0 Å². The van der Waals surface area contributed by atoms with Crippen molar-refractivity contribution in [1.29, 1.82) is 0 Å². The molecule has 1 atom stereocenters. The van der Waals surface area contributed by atoms with E-state index >= 15 is 0 Å². The smallest absolute Gasteiger partial charge is 0.129 e. The fraction of sp³-hybridized carbons (Fsp3) is 0.100. The van der Waals surface area contributed by atoms with Gasteiger partial charge in [0.15, 0.2) is 0 Å². The molecular weight excluding hydrogens is 312 g/mol. The van der Waals surface area contributed by atoms with E-state index in [9.17, 15) is 5.11 Å². The summed E-state index contributed by atoms with van der Waals surface area (Å²) in [5.74, 6) is 0.293. The largest absolute Gasteiger partial charge is 0.383 e. The van der Waals surface area contributed by atoms with E-state index in [-0.39, 0.29) is 0 Å². The molecule has 16 heavy (non-hydrogen) atoms. The standard InChI is InChI=1S/C10H8BrClN2OS/c11-5-1-8(16-4-5)9(15)7-2-6(12)3-14-10(7)13/h1-4,9,15H,(H2,13,14). The zero-order valence-electron chi connectivity index (χ0n) is 8.02. The van der Waals surface area contributed by atoms with Crippen molar-refractivity contribution < 1.29 is 5.11 Å². The molecule has 0 aliphatic carbocycles. The van der Waals surface area contributed by atoms with Gasteiger partial charge >= 0.3 is 0 Å². The van der Waals surface area contributed by atoms with Crippen molar-refractivity contribution in [3.63, 3.8) is 0 Å². The number of hydrogen-bond acceptors (Lipinski definition) is 4. The van der Waals surface area contributed by atoms with Gasteiger partial charge in [0, 0.05) is 26.5 Å². The second-order valence-electron chi connectivity index (χ2n) is 3.20. The van der Waals surface area contributed by atoms with Gasteiger partial charge in [0.25, 0.3) is 0 Å². The lowest BCUT2D eigenvalue weighted by molar-refractivity contribution is 0.224. The third kappa shape index (κ3) is 2.38. The highest BCUT2D eigenvalue weighted by Crippen LogP contribution is 2.32. The molecule has 2 heterocycles. The average molecular weight is 320 g/mol. The zero-order chi connectivity index (χ0) is 11.7. The summed E-state index contributed by atoms with van der Waals surface area (Å²) < 4.78 is 0.931. The van der Waals surface area contributed by atoms with Gasteiger partial charge < -0.3 is 10.8 Å². The number of thiophene rings is 1. The van der Waals surface area contributed by atoms with Gasteiger partial charge in [0.1, 0.15) is 11.9 Å². The van der Waals surface area contributed by atoms with E-state index < -0.39 is 6.10 Å². The lowest BCUT2D eigenvalue weighted by Crippen LogP contribution is -2.04. The summed E-state index contributed by atoms with van der Waals surface area (Å²) in [4.78, 5) is 4.70. The van der Waals surface area contributed by atoms with Crippen LogP contribution in [0.25, 0.3) is 0 Å². The first-order chi connectivity index (χ1) is 7.58. The molecule has 0 aliphatic rings. The van der Waals surface area contributed by atoms with Crippen LogP contribution in [0.3, 0.4) is 0 Å². The molecule has 0 radical (unpaired) electrons. The molecule has 0 fully saturated rings. The van der Waals surface area contributed by atoms with Gasteiger partial charge in [-0.1, -0.05) is 11.6 Å².